The van der Waals surface area contributed by atoms with Crippen LogP contribution in [0, 0.1) is 0 Å². The van der Waals surface area contributed by atoms with E-state index in [0.717, 1.165) is 0 Å². The molecular formula is C8H10Cl4S2Te. The van der Waals surface area contributed by atoms with Crippen molar-refractivity contribution in [1.82, 2.24) is 0 Å². The molecule has 0 unspecified atom stereocenters. The average molecular weight is 440 g/mol. The Morgan fingerprint density at radius 3 is 1.33 bits per heavy atom. The van der Waals surface area contributed by atoms with Gasteiger partial charge >= 0.3 is 49.6 Å². The molecule has 1 aromatic carbocycles. The van der Waals surface area contributed by atoms with Crippen LogP contribution in [0.3, 0.4) is 0 Å². The summed E-state index contributed by atoms with van der Waals surface area (Å²) in [6.07, 6.45) is 4.21. The topological polar surface area (TPSA) is 0 Å². The minimum absolute atomic E-state index is 1.37. The monoisotopic (exact) mass is 440 g/mol. The molecule has 0 nitrogen and oxygen atoms in total. The van der Waals surface area contributed by atoms with E-state index in [9.17, 15) is 0 Å². The molecule has 0 aliphatic heterocycles. The van der Waals surface area contributed by atoms with Gasteiger partial charge < -0.3 is 0 Å². The van der Waals surface area contributed by atoms with Gasteiger partial charge in [0.05, 0.1) is 0 Å². The summed E-state index contributed by atoms with van der Waals surface area (Å²) >= 11 is 0.467. The normalized spacial score (nSPS) is 11.6. The van der Waals surface area contributed by atoms with Gasteiger partial charge in [-0.3, -0.25) is 0 Å². The van der Waals surface area contributed by atoms with E-state index < -0.39 is 13.7 Å². The fourth-order valence-electron chi connectivity index (χ4n) is 0.787. The summed E-state index contributed by atoms with van der Waals surface area (Å²) in [7, 11) is 20.1. The molecule has 0 aliphatic carbocycles. The van der Waals surface area contributed by atoms with Gasteiger partial charge in [-0.25, -0.2) is 0 Å². The summed E-state index contributed by atoms with van der Waals surface area (Å²) in [5.41, 5.74) is 0. The van der Waals surface area contributed by atoms with Gasteiger partial charge in [0.15, 0.2) is 0 Å². The van der Waals surface area contributed by atoms with Crippen molar-refractivity contribution in [2.45, 2.75) is 9.79 Å². The molecule has 0 aromatic heterocycles. The summed E-state index contributed by atoms with van der Waals surface area (Å²) in [5, 5.41) is 0. The second kappa shape index (κ2) is 8.89. The Kier molecular flexibility index (Phi) is 10.00. The Bertz CT molecular complexity index is 261. The van der Waals surface area contributed by atoms with E-state index >= 15 is 0 Å². The maximum absolute atomic E-state index is 5.02. The molecule has 0 radical (unpaired) electrons. The Labute approximate surface area is 118 Å². The van der Waals surface area contributed by atoms with Crippen LogP contribution >= 0.6 is 59.4 Å². The maximum atomic E-state index is 5.02. The van der Waals surface area contributed by atoms with Gasteiger partial charge in [0.25, 0.3) is 0 Å². The van der Waals surface area contributed by atoms with Gasteiger partial charge in [0.2, 0.25) is 0 Å². The van der Waals surface area contributed by atoms with E-state index in [1.54, 1.807) is 23.5 Å². The third-order valence-corrected chi connectivity index (χ3v) is 3.01. The molecular weight excluding hydrogens is 430 g/mol. The second-order valence-electron chi connectivity index (χ2n) is 2.20. The minimum atomic E-state index is -3.13. The molecule has 0 atom stereocenters. The summed E-state index contributed by atoms with van der Waals surface area (Å²) < 4.78 is 0. The van der Waals surface area contributed by atoms with E-state index in [1.807, 2.05) is 0 Å². The molecule has 0 fully saturated rings. The van der Waals surface area contributed by atoms with E-state index in [0.29, 0.717) is 0 Å². The summed E-state index contributed by atoms with van der Waals surface area (Å²) in [4.78, 5) is 2.74. The number of rotatable bonds is 2. The van der Waals surface area contributed by atoms with Gasteiger partial charge in [-0.05, 0) is 24.6 Å². The Balaban J connectivity index is 0.000000336. The van der Waals surface area contributed by atoms with E-state index in [1.165, 1.54) is 9.79 Å². The quantitative estimate of drug-likeness (QED) is 0.440. The van der Waals surface area contributed by atoms with Crippen LogP contribution < -0.4 is 0 Å². The van der Waals surface area contributed by atoms with E-state index in [2.05, 4.69) is 36.8 Å². The number of hydrogen-bond acceptors (Lipinski definition) is 2. The van der Waals surface area contributed by atoms with Crippen LogP contribution in [0.2, 0.25) is 0 Å². The van der Waals surface area contributed by atoms with Crippen LogP contribution in [0.1, 0.15) is 0 Å². The Morgan fingerprint density at radius 2 is 1.13 bits per heavy atom. The molecule has 7 heteroatoms. The van der Waals surface area contributed by atoms with Crippen molar-refractivity contribution in [3.8, 4) is 0 Å². The number of thioether (sulfide) groups is 2. The zero-order valence-corrected chi connectivity index (χ0v) is 15.0. The van der Waals surface area contributed by atoms with Crippen molar-refractivity contribution in [2.75, 3.05) is 12.5 Å². The van der Waals surface area contributed by atoms with Crippen molar-refractivity contribution in [2.24, 2.45) is 0 Å². The van der Waals surface area contributed by atoms with Gasteiger partial charge in [-0.2, -0.15) is 0 Å². The zero-order valence-electron chi connectivity index (χ0n) is 8.05. The van der Waals surface area contributed by atoms with Crippen LogP contribution in [0.5, 0.6) is 0 Å². The van der Waals surface area contributed by atoms with Crippen molar-refractivity contribution in [3.05, 3.63) is 24.3 Å². The second-order valence-corrected chi connectivity index (χ2v) is 24.7. The molecule has 15 heavy (non-hydrogen) atoms. The molecule has 0 spiro atoms. The molecule has 0 heterocycles. The van der Waals surface area contributed by atoms with Gasteiger partial charge in [0, 0.05) is 9.79 Å². The molecule has 0 amide bonds. The SMILES string of the molecule is CSc1ccccc1SC.Cl[Te](Cl)(Cl)Cl. The van der Waals surface area contributed by atoms with E-state index in [4.69, 9.17) is 35.9 Å². The zero-order chi connectivity index (χ0) is 11.9. The predicted molar refractivity (Wildman–Crippen MR) is 79.2 cm³/mol. The van der Waals surface area contributed by atoms with Gasteiger partial charge in [0.1, 0.15) is 0 Å². The van der Waals surface area contributed by atoms with Crippen LogP contribution in [0.4, 0.5) is 0 Å². The molecule has 0 saturated heterocycles. The molecule has 0 saturated carbocycles. The third-order valence-electron chi connectivity index (χ3n) is 1.29. The predicted octanol–water partition coefficient (Wildman–Crippen LogP) is 5.51. The summed E-state index contributed by atoms with van der Waals surface area (Å²) in [6.45, 7) is 0. The standard InChI is InChI=1S/C8H10S2.Cl4Te/c1-9-7-5-3-4-6-8(7)10-2;1-5(2,3)4/h3-6H,1-2H3;. The van der Waals surface area contributed by atoms with Gasteiger partial charge in [-0.15, -0.1) is 23.5 Å². The molecule has 1 rings (SSSR count). The summed E-state index contributed by atoms with van der Waals surface area (Å²) in [6, 6.07) is 8.45. The van der Waals surface area contributed by atoms with Crippen LogP contribution in [0.15, 0.2) is 34.1 Å². The first-order chi connectivity index (χ1) is 6.88. The van der Waals surface area contributed by atoms with Crippen molar-refractivity contribution >= 4 is 73.1 Å². The Hall–Kier alpha value is 1.87. The Morgan fingerprint density at radius 1 is 0.867 bits per heavy atom. The first-order valence-electron chi connectivity index (χ1n) is 3.67. The van der Waals surface area contributed by atoms with Crippen LogP contribution in [0.25, 0.3) is 0 Å². The first kappa shape index (κ1) is 16.9. The molecule has 0 aliphatic rings. The number of benzene rings is 1. The number of hydrogen-bond donors (Lipinski definition) is 0. The van der Waals surface area contributed by atoms with Crippen molar-refractivity contribution in [1.29, 1.82) is 0 Å². The molecule has 0 N–H and O–H groups in total. The van der Waals surface area contributed by atoms with E-state index in [-0.39, 0.29) is 0 Å². The fraction of sp³-hybridized carbons (Fsp3) is 0.250. The molecule has 1 aromatic rings. The van der Waals surface area contributed by atoms with Crippen molar-refractivity contribution < 1.29 is 0 Å². The van der Waals surface area contributed by atoms with Crippen LogP contribution in [-0.2, 0) is 0 Å². The fourth-order valence-corrected chi connectivity index (χ4v) is 2.26. The number of halogens is 4. The average Bonchev–Trinajstić information content (AvgIpc) is 2.15. The molecule has 0 bridgehead atoms. The molecule has 88 valence electrons. The first-order valence-corrected chi connectivity index (χ1v) is 17.9. The summed E-state index contributed by atoms with van der Waals surface area (Å²) in [5.74, 6) is 0. The van der Waals surface area contributed by atoms with Gasteiger partial charge in [-0.1, -0.05) is 12.1 Å². The third kappa shape index (κ3) is 10.7. The van der Waals surface area contributed by atoms with Crippen LogP contribution in [-0.4, -0.2) is 26.2 Å². The van der Waals surface area contributed by atoms with Crippen molar-refractivity contribution in [3.63, 3.8) is 0 Å².